The predicted octanol–water partition coefficient (Wildman–Crippen LogP) is 4.00. The number of nitrogens with one attached hydrogen (secondary N) is 1. The van der Waals surface area contributed by atoms with Gasteiger partial charge in [0.25, 0.3) is 0 Å². The quantitative estimate of drug-likeness (QED) is 0.647. The van der Waals surface area contributed by atoms with Gasteiger partial charge in [0.2, 0.25) is 0 Å². The van der Waals surface area contributed by atoms with Crippen molar-refractivity contribution in [1.29, 1.82) is 0 Å². The minimum atomic E-state index is 0.283. The van der Waals surface area contributed by atoms with Crippen LogP contribution in [0.4, 0.5) is 17.2 Å². The molecular formula is C19H23ClN6. The third-order valence-corrected chi connectivity index (χ3v) is 5.64. The Kier molecular flexibility index (Phi) is 4.46. The number of hydrogen-bond acceptors (Lipinski definition) is 5. The zero-order chi connectivity index (χ0) is 18.3. The Hall–Kier alpha value is -2.31. The minimum absolute atomic E-state index is 0.283. The summed E-state index contributed by atoms with van der Waals surface area (Å²) < 4.78 is 1.72. The summed E-state index contributed by atoms with van der Waals surface area (Å²) >= 11 is 6.17. The number of hydrogen-bond donors (Lipinski definition) is 3. The second kappa shape index (κ2) is 6.78. The average molecular weight is 371 g/mol. The molecule has 1 saturated carbocycles. The molecule has 0 atom stereocenters. The van der Waals surface area contributed by atoms with Crippen LogP contribution in [0.3, 0.4) is 0 Å². The molecule has 0 radical (unpaired) electrons. The van der Waals surface area contributed by atoms with E-state index in [2.05, 4.69) is 15.4 Å². The average Bonchev–Trinajstić information content (AvgIpc) is 3.07. The van der Waals surface area contributed by atoms with Crippen LogP contribution in [-0.2, 0) is 0 Å². The van der Waals surface area contributed by atoms with Gasteiger partial charge in [-0.3, -0.25) is 0 Å². The molecule has 0 spiro atoms. The van der Waals surface area contributed by atoms with Crippen LogP contribution in [0.2, 0.25) is 5.02 Å². The maximum Gasteiger partial charge on any atom is 0.177 e. The number of nitrogens with two attached hydrogens (primary N) is 2. The number of rotatable bonds is 3. The van der Waals surface area contributed by atoms with Crippen molar-refractivity contribution in [3.63, 3.8) is 0 Å². The van der Waals surface area contributed by atoms with Crippen molar-refractivity contribution in [1.82, 2.24) is 14.6 Å². The molecule has 6 nitrogen and oxygen atoms in total. The normalized spacial score (nSPS) is 20.4. The molecule has 1 aromatic carbocycles. The van der Waals surface area contributed by atoms with Crippen LogP contribution < -0.4 is 16.8 Å². The third kappa shape index (κ3) is 3.10. The van der Waals surface area contributed by atoms with Gasteiger partial charge < -0.3 is 16.8 Å². The van der Waals surface area contributed by atoms with E-state index >= 15 is 0 Å². The summed E-state index contributed by atoms with van der Waals surface area (Å²) in [6.45, 7) is 1.99. The highest BCUT2D eigenvalue weighted by Gasteiger charge is 2.27. The summed E-state index contributed by atoms with van der Waals surface area (Å²) in [5.74, 6) is 0.879. The molecule has 2 aromatic heterocycles. The smallest absolute Gasteiger partial charge is 0.177 e. The fourth-order valence-corrected chi connectivity index (χ4v) is 3.90. The van der Waals surface area contributed by atoms with Gasteiger partial charge in [0.1, 0.15) is 5.82 Å². The van der Waals surface area contributed by atoms with Gasteiger partial charge in [0.05, 0.1) is 5.69 Å². The number of fused-ring (bicyclic) bond motifs is 1. The summed E-state index contributed by atoms with van der Waals surface area (Å²) in [4.78, 5) is 4.50. The molecule has 0 aliphatic heterocycles. The lowest BCUT2D eigenvalue weighted by molar-refractivity contribution is 0.396. The number of imidazole rings is 1. The highest BCUT2D eigenvalue weighted by atomic mass is 35.5. The monoisotopic (exact) mass is 370 g/mol. The molecule has 7 heteroatoms. The van der Waals surface area contributed by atoms with E-state index in [0.717, 1.165) is 58.9 Å². The number of anilines is 3. The summed E-state index contributed by atoms with van der Waals surface area (Å²) in [7, 11) is 0. The Bertz CT molecular complexity index is 943. The molecule has 26 heavy (non-hydrogen) atoms. The van der Waals surface area contributed by atoms with Crippen LogP contribution in [0.1, 0.15) is 42.7 Å². The maximum atomic E-state index is 6.37. The van der Waals surface area contributed by atoms with Gasteiger partial charge in [-0.2, -0.15) is 0 Å². The first-order valence-electron chi connectivity index (χ1n) is 8.94. The molecule has 0 amide bonds. The van der Waals surface area contributed by atoms with Crippen molar-refractivity contribution in [2.24, 2.45) is 5.73 Å². The molecular weight excluding hydrogens is 348 g/mol. The molecule has 0 saturated heterocycles. The first-order chi connectivity index (χ1) is 12.5. The fourth-order valence-electron chi connectivity index (χ4n) is 3.79. The zero-order valence-electron chi connectivity index (χ0n) is 14.7. The largest absolute Gasteiger partial charge is 0.382 e. The minimum Gasteiger partial charge on any atom is -0.382 e. The van der Waals surface area contributed by atoms with E-state index in [9.17, 15) is 0 Å². The van der Waals surface area contributed by atoms with Crippen molar-refractivity contribution >= 4 is 34.4 Å². The van der Waals surface area contributed by atoms with Gasteiger partial charge in [0.15, 0.2) is 5.65 Å². The van der Waals surface area contributed by atoms with Crippen LogP contribution in [0.5, 0.6) is 0 Å². The third-order valence-electron chi connectivity index (χ3n) is 5.21. The van der Waals surface area contributed by atoms with Crippen molar-refractivity contribution in [2.45, 2.75) is 44.6 Å². The van der Waals surface area contributed by atoms with E-state index in [-0.39, 0.29) is 6.04 Å². The van der Waals surface area contributed by atoms with Gasteiger partial charge in [-0.1, -0.05) is 11.6 Å². The number of halogens is 1. The molecule has 1 aliphatic carbocycles. The van der Waals surface area contributed by atoms with E-state index in [1.807, 2.05) is 31.3 Å². The van der Waals surface area contributed by atoms with Crippen LogP contribution in [-0.4, -0.2) is 20.6 Å². The summed E-state index contributed by atoms with van der Waals surface area (Å²) in [6, 6.07) is 6.17. The Morgan fingerprint density at radius 3 is 2.73 bits per heavy atom. The molecule has 3 aromatic rings. The van der Waals surface area contributed by atoms with E-state index in [4.69, 9.17) is 23.1 Å². The zero-order valence-corrected chi connectivity index (χ0v) is 15.5. The van der Waals surface area contributed by atoms with Crippen molar-refractivity contribution in [2.75, 3.05) is 11.1 Å². The standard InChI is InChI=1S/C19H23ClN6/c1-11-10-14(6-7-15(11)20)24-17-16(12-2-4-13(21)5-3-12)18(22)25-26-9-8-23-19(17)26/h6-10,12-13,24H,2-5,21H2,1H3,(H2,22,25). The lowest BCUT2D eigenvalue weighted by atomic mass is 9.81. The molecule has 1 fully saturated rings. The molecule has 1 aliphatic rings. The number of nitrogen functional groups attached to an aromatic ring is 1. The lowest BCUT2D eigenvalue weighted by Crippen LogP contribution is -2.26. The Balaban J connectivity index is 1.81. The number of benzene rings is 1. The van der Waals surface area contributed by atoms with Gasteiger partial charge >= 0.3 is 0 Å². The van der Waals surface area contributed by atoms with Crippen molar-refractivity contribution in [3.8, 4) is 0 Å². The predicted molar refractivity (Wildman–Crippen MR) is 106 cm³/mol. The fraction of sp³-hybridized carbons (Fsp3) is 0.368. The molecule has 4 rings (SSSR count). The molecule has 5 N–H and O–H groups in total. The van der Waals surface area contributed by atoms with E-state index in [1.54, 1.807) is 10.7 Å². The second-order valence-corrected chi connectivity index (χ2v) is 7.48. The first kappa shape index (κ1) is 17.1. The molecule has 0 bridgehead atoms. The van der Waals surface area contributed by atoms with Crippen molar-refractivity contribution < 1.29 is 0 Å². The number of aromatic nitrogens is 3. The van der Waals surface area contributed by atoms with E-state index in [1.165, 1.54) is 0 Å². The topological polar surface area (TPSA) is 94.3 Å². The molecule has 136 valence electrons. The van der Waals surface area contributed by atoms with Gasteiger partial charge in [-0.25, -0.2) is 9.50 Å². The van der Waals surface area contributed by atoms with Crippen LogP contribution in [0.25, 0.3) is 5.65 Å². The summed E-state index contributed by atoms with van der Waals surface area (Å²) in [6.07, 6.45) is 7.58. The van der Waals surface area contributed by atoms with Crippen LogP contribution >= 0.6 is 11.6 Å². The Morgan fingerprint density at radius 2 is 2.00 bits per heavy atom. The number of nitrogens with zero attached hydrogens (tertiary/aromatic N) is 3. The van der Waals surface area contributed by atoms with Crippen LogP contribution in [0, 0.1) is 6.92 Å². The first-order valence-corrected chi connectivity index (χ1v) is 9.32. The summed E-state index contributed by atoms with van der Waals surface area (Å²) in [5.41, 5.74) is 17.2. The van der Waals surface area contributed by atoms with Gasteiger partial charge in [-0.05, 0) is 62.3 Å². The highest BCUT2D eigenvalue weighted by Crippen LogP contribution is 2.41. The SMILES string of the molecule is Cc1cc(Nc2c(C3CCC(N)CC3)c(N)nn3ccnc23)ccc1Cl. The highest BCUT2D eigenvalue weighted by molar-refractivity contribution is 6.31. The van der Waals surface area contributed by atoms with Gasteiger partial charge in [0, 0.05) is 34.7 Å². The molecule has 2 heterocycles. The molecule has 0 unspecified atom stereocenters. The van der Waals surface area contributed by atoms with Gasteiger partial charge in [-0.15, -0.1) is 5.10 Å². The number of aryl methyl sites for hydroxylation is 1. The Morgan fingerprint density at radius 1 is 1.23 bits per heavy atom. The maximum absolute atomic E-state index is 6.37. The van der Waals surface area contributed by atoms with E-state index < -0.39 is 0 Å². The summed E-state index contributed by atoms with van der Waals surface area (Å²) in [5, 5.41) is 8.78. The Labute approximate surface area is 157 Å². The lowest BCUT2D eigenvalue weighted by Gasteiger charge is -2.28. The second-order valence-electron chi connectivity index (χ2n) is 7.07. The van der Waals surface area contributed by atoms with E-state index in [0.29, 0.717) is 11.7 Å². The van der Waals surface area contributed by atoms with Crippen molar-refractivity contribution in [3.05, 3.63) is 46.7 Å². The van der Waals surface area contributed by atoms with Crippen LogP contribution in [0.15, 0.2) is 30.6 Å².